The molecule has 160 valence electrons. The van der Waals surface area contributed by atoms with E-state index < -0.39 is 12.0 Å². The van der Waals surface area contributed by atoms with Gasteiger partial charge in [-0.2, -0.15) is 0 Å². The number of fused-ring (bicyclic) bond motifs is 3. The Hall–Kier alpha value is -2.68. The van der Waals surface area contributed by atoms with Crippen molar-refractivity contribution in [3.05, 3.63) is 24.3 Å². The summed E-state index contributed by atoms with van der Waals surface area (Å²) in [5.41, 5.74) is 2.60. The number of carbonyl (C=O) groups is 2. The van der Waals surface area contributed by atoms with Crippen LogP contribution in [-0.2, 0) is 20.9 Å². The molecule has 0 fully saturated rings. The van der Waals surface area contributed by atoms with E-state index in [0.29, 0.717) is 11.6 Å². The van der Waals surface area contributed by atoms with Crippen LogP contribution in [0, 0.1) is 5.92 Å². The number of hydrogen-bond acceptors (Lipinski definition) is 7. The van der Waals surface area contributed by atoms with Crippen molar-refractivity contribution >= 4 is 45.7 Å². The number of rotatable bonds is 9. The standard InChI is InChI=1S/C21H27N5O3S/c1-5-10-26-16-9-7-6-8-14(16)18-19(26)23-21(25-24-18)30-12-17(27)22-15(11-13(2)3)20(28)29-4/h6-9,13,15H,5,10-12H2,1-4H3,(H,22,27)/t15-/m1/s1. The number of amides is 1. The first kappa shape index (κ1) is 22.0. The van der Waals surface area contributed by atoms with E-state index in [-0.39, 0.29) is 17.6 Å². The predicted octanol–water partition coefficient (Wildman–Crippen LogP) is 3.19. The average Bonchev–Trinajstić information content (AvgIpc) is 3.04. The van der Waals surface area contributed by atoms with Crippen LogP contribution in [0.1, 0.15) is 33.6 Å². The molecule has 8 nitrogen and oxygen atoms in total. The Balaban J connectivity index is 1.76. The Kier molecular flexibility index (Phi) is 7.25. The highest BCUT2D eigenvalue weighted by Gasteiger charge is 2.23. The molecule has 0 spiro atoms. The topological polar surface area (TPSA) is 99.0 Å². The van der Waals surface area contributed by atoms with E-state index in [4.69, 9.17) is 4.74 Å². The van der Waals surface area contributed by atoms with Gasteiger partial charge in [0.2, 0.25) is 11.1 Å². The summed E-state index contributed by atoms with van der Waals surface area (Å²) in [5.74, 6) is -0.371. The summed E-state index contributed by atoms with van der Waals surface area (Å²) < 4.78 is 6.93. The lowest BCUT2D eigenvalue weighted by Crippen LogP contribution is -2.43. The molecule has 1 amide bonds. The Morgan fingerprint density at radius 3 is 2.70 bits per heavy atom. The lowest BCUT2D eigenvalue weighted by molar-refractivity contribution is -0.145. The van der Waals surface area contributed by atoms with Crippen LogP contribution in [0.4, 0.5) is 0 Å². The third-order valence-corrected chi connectivity index (χ3v) is 5.50. The minimum atomic E-state index is -0.656. The summed E-state index contributed by atoms with van der Waals surface area (Å²) in [7, 11) is 1.32. The SMILES string of the molecule is CCCn1c2ccccc2c2nnc(SCC(=O)N[C@H](CC(C)C)C(=O)OC)nc21. The molecule has 0 bridgehead atoms. The minimum Gasteiger partial charge on any atom is -0.467 e. The molecule has 0 saturated carbocycles. The van der Waals surface area contributed by atoms with E-state index in [1.54, 1.807) is 0 Å². The second kappa shape index (κ2) is 9.88. The molecule has 0 aliphatic heterocycles. The first-order chi connectivity index (χ1) is 14.4. The Labute approximate surface area is 179 Å². The summed E-state index contributed by atoms with van der Waals surface area (Å²) >= 11 is 1.20. The Morgan fingerprint density at radius 1 is 1.23 bits per heavy atom. The maximum Gasteiger partial charge on any atom is 0.328 e. The zero-order chi connectivity index (χ0) is 21.7. The van der Waals surface area contributed by atoms with Gasteiger partial charge in [-0.3, -0.25) is 4.79 Å². The predicted molar refractivity (Wildman–Crippen MR) is 117 cm³/mol. The Morgan fingerprint density at radius 2 is 2.00 bits per heavy atom. The molecule has 2 aromatic heterocycles. The second-order valence-corrected chi connectivity index (χ2v) is 8.44. The molecule has 3 rings (SSSR count). The van der Waals surface area contributed by atoms with E-state index in [9.17, 15) is 9.59 Å². The molecule has 2 heterocycles. The molecule has 0 unspecified atom stereocenters. The fourth-order valence-corrected chi connectivity index (χ4v) is 3.99. The van der Waals surface area contributed by atoms with Crippen molar-refractivity contribution in [2.45, 2.75) is 51.4 Å². The zero-order valence-electron chi connectivity index (χ0n) is 17.7. The first-order valence-corrected chi connectivity index (χ1v) is 11.0. The fourth-order valence-electron chi connectivity index (χ4n) is 3.39. The van der Waals surface area contributed by atoms with Crippen molar-refractivity contribution in [3.8, 4) is 0 Å². The largest absolute Gasteiger partial charge is 0.467 e. The summed E-state index contributed by atoms with van der Waals surface area (Å²) in [6.45, 7) is 6.91. The number of aromatic nitrogens is 4. The molecular weight excluding hydrogens is 402 g/mol. The molecule has 3 aromatic rings. The normalized spacial score (nSPS) is 12.4. The van der Waals surface area contributed by atoms with Gasteiger partial charge in [0, 0.05) is 11.9 Å². The van der Waals surface area contributed by atoms with Crippen LogP contribution in [0.2, 0.25) is 0 Å². The maximum atomic E-state index is 12.4. The lowest BCUT2D eigenvalue weighted by atomic mass is 10.0. The number of hydrogen-bond donors (Lipinski definition) is 1. The fraction of sp³-hybridized carbons (Fsp3) is 0.476. The van der Waals surface area contributed by atoms with Gasteiger partial charge >= 0.3 is 5.97 Å². The van der Waals surface area contributed by atoms with Crippen LogP contribution in [-0.4, -0.2) is 50.5 Å². The van der Waals surface area contributed by atoms with Crippen LogP contribution < -0.4 is 5.32 Å². The molecule has 30 heavy (non-hydrogen) atoms. The second-order valence-electron chi connectivity index (χ2n) is 7.50. The number of benzene rings is 1. The highest BCUT2D eigenvalue weighted by atomic mass is 32.2. The van der Waals surface area contributed by atoms with Crippen molar-refractivity contribution in [2.24, 2.45) is 5.92 Å². The number of ether oxygens (including phenoxy) is 1. The molecule has 9 heteroatoms. The minimum absolute atomic E-state index is 0.0901. The van der Waals surface area contributed by atoms with Crippen LogP contribution in [0.15, 0.2) is 29.4 Å². The van der Waals surface area contributed by atoms with E-state index in [1.807, 2.05) is 32.0 Å². The number of aryl methyl sites for hydroxylation is 1. The summed E-state index contributed by atoms with van der Waals surface area (Å²) in [6, 6.07) is 7.38. The number of para-hydroxylation sites is 1. The zero-order valence-corrected chi connectivity index (χ0v) is 18.5. The van der Waals surface area contributed by atoms with Gasteiger partial charge in [-0.1, -0.05) is 50.7 Å². The maximum absolute atomic E-state index is 12.4. The van der Waals surface area contributed by atoms with E-state index in [0.717, 1.165) is 35.0 Å². The van der Waals surface area contributed by atoms with Gasteiger partial charge in [0.25, 0.3) is 0 Å². The van der Waals surface area contributed by atoms with Crippen molar-refractivity contribution in [2.75, 3.05) is 12.9 Å². The average molecular weight is 430 g/mol. The first-order valence-electron chi connectivity index (χ1n) is 10.1. The number of methoxy groups -OCH3 is 1. The summed E-state index contributed by atoms with van der Waals surface area (Å²) in [6.07, 6.45) is 1.48. The van der Waals surface area contributed by atoms with Crippen molar-refractivity contribution in [1.29, 1.82) is 0 Å². The van der Waals surface area contributed by atoms with E-state index in [1.165, 1.54) is 18.9 Å². The summed E-state index contributed by atoms with van der Waals surface area (Å²) in [4.78, 5) is 29.0. The molecule has 0 aliphatic rings. The van der Waals surface area contributed by atoms with Crippen LogP contribution in [0.5, 0.6) is 0 Å². The highest BCUT2D eigenvalue weighted by Crippen LogP contribution is 2.27. The molecule has 1 N–H and O–H groups in total. The molecule has 0 radical (unpaired) electrons. The lowest BCUT2D eigenvalue weighted by Gasteiger charge is -2.18. The molecule has 0 saturated heterocycles. The van der Waals surface area contributed by atoms with Crippen LogP contribution >= 0.6 is 11.8 Å². The molecule has 0 aliphatic carbocycles. The van der Waals surface area contributed by atoms with E-state index >= 15 is 0 Å². The van der Waals surface area contributed by atoms with Crippen LogP contribution in [0.25, 0.3) is 22.1 Å². The Bertz CT molecular complexity index is 1050. The third-order valence-electron chi connectivity index (χ3n) is 4.66. The highest BCUT2D eigenvalue weighted by molar-refractivity contribution is 7.99. The summed E-state index contributed by atoms with van der Waals surface area (Å²) in [5, 5.41) is 12.8. The number of esters is 1. The van der Waals surface area contributed by atoms with Gasteiger partial charge in [-0.25, -0.2) is 9.78 Å². The third kappa shape index (κ3) is 4.89. The smallest absolute Gasteiger partial charge is 0.328 e. The molecule has 1 aromatic carbocycles. The van der Waals surface area contributed by atoms with Crippen LogP contribution in [0.3, 0.4) is 0 Å². The van der Waals surface area contributed by atoms with Gasteiger partial charge in [0.05, 0.1) is 18.4 Å². The van der Waals surface area contributed by atoms with Gasteiger partial charge in [0.1, 0.15) is 11.6 Å². The van der Waals surface area contributed by atoms with Gasteiger partial charge in [-0.05, 0) is 24.8 Å². The molecule has 1 atom stereocenters. The van der Waals surface area contributed by atoms with Crippen molar-refractivity contribution < 1.29 is 14.3 Å². The number of thioether (sulfide) groups is 1. The van der Waals surface area contributed by atoms with Gasteiger partial charge in [-0.15, -0.1) is 10.2 Å². The number of carbonyl (C=O) groups excluding carboxylic acids is 2. The number of nitrogens with one attached hydrogen (secondary N) is 1. The monoisotopic (exact) mass is 429 g/mol. The van der Waals surface area contributed by atoms with Gasteiger partial charge < -0.3 is 14.6 Å². The van der Waals surface area contributed by atoms with E-state index in [2.05, 4.69) is 38.1 Å². The van der Waals surface area contributed by atoms with Gasteiger partial charge in [0.15, 0.2) is 5.65 Å². The van der Waals surface area contributed by atoms with Crippen molar-refractivity contribution in [3.63, 3.8) is 0 Å². The quantitative estimate of drug-likeness (QED) is 0.412. The number of nitrogens with zero attached hydrogens (tertiary/aromatic N) is 4. The molecular formula is C21H27N5O3S. The van der Waals surface area contributed by atoms with Crippen molar-refractivity contribution in [1.82, 2.24) is 25.1 Å².